The van der Waals surface area contributed by atoms with Crippen LogP contribution < -0.4 is 0 Å². The highest BCUT2D eigenvalue weighted by atomic mass is 32.3. The molecule has 0 heterocycles. The van der Waals surface area contributed by atoms with Gasteiger partial charge in [0.05, 0.1) is 7.11 Å². The van der Waals surface area contributed by atoms with Crippen molar-refractivity contribution < 1.29 is 17.2 Å². The molecular formula is C18H41O4PS. The van der Waals surface area contributed by atoms with E-state index in [1.54, 1.807) is 0 Å². The topological polar surface area (TPSA) is 63.6 Å². The van der Waals surface area contributed by atoms with Crippen molar-refractivity contribution in [3.05, 3.63) is 0 Å². The molecule has 0 saturated heterocycles. The highest BCUT2D eigenvalue weighted by molar-refractivity contribution is 7.80. The summed E-state index contributed by atoms with van der Waals surface area (Å²) in [4.78, 5) is 0. The van der Waals surface area contributed by atoms with Gasteiger partial charge in [0.1, 0.15) is 0 Å². The van der Waals surface area contributed by atoms with Gasteiger partial charge in [-0.1, -0.05) is 90.9 Å². The van der Waals surface area contributed by atoms with Crippen molar-refractivity contribution in [2.45, 2.75) is 97.3 Å². The molecule has 24 heavy (non-hydrogen) atoms. The Morgan fingerprint density at radius 2 is 1.25 bits per heavy atom. The van der Waals surface area contributed by atoms with Crippen LogP contribution in [0.3, 0.4) is 0 Å². The van der Waals surface area contributed by atoms with Crippen LogP contribution >= 0.6 is 9.24 Å². The maximum absolute atomic E-state index is 9.33. The number of rotatable bonds is 15. The maximum Gasteiger partial charge on any atom is 0.397 e. The first-order valence-corrected chi connectivity index (χ1v) is 11.8. The van der Waals surface area contributed by atoms with Crippen molar-refractivity contribution in [3.63, 3.8) is 0 Å². The van der Waals surface area contributed by atoms with Gasteiger partial charge in [-0.05, 0) is 18.5 Å². The molecule has 0 spiro atoms. The fourth-order valence-electron chi connectivity index (χ4n) is 2.59. The Bertz CT molecular complexity index is 334. The van der Waals surface area contributed by atoms with Gasteiger partial charge >= 0.3 is 10.4 Å². The van der Waals surface area contributed by atoms with E-state index in [1.807, 2.05) is 0 Å². The number of hydrogen-bond acceptors (Lipinski definition) is 3. The minimum atomic E-state index is -4.16. The maximum atomic E-state index is 9.33. The first-order chi connectivity index (χ1) is 11.4. The second kappa shape index (κ2) is 19.6. The molecule has 2 atom stereocenters. The third-order valence-electron chi connectivity index (χ3n) is 4.17. The van der Waals surface area contributed by atoms with E-state index >= 15 is 0 Å². The first kappa shape index (κ1) is 26.5. The molecule has 0 aromatic carbocycles. The van der Waals surface area contributed by atoms with Crippen LogP contribution in [-0.4, -0.2) is 26.2 Å². The van der Waals surface area contributed by atoms with Gasteiger partial charge in [0.2, 0.25) is 0 Å². The average molecular weight is 385 g/mol. The molecule has 0 aromatic rings. The quantitative estimate of drug-likeness (QED) is 0.213. The zero-order chi connectivity index (χ0) is 18.7. The van der Waals surface area contributed by atoms with E-state index in [0.29, 0.717) is 0 Å². The summed E-state index contributed by atoms with van der Waals surface area (Å²) in [5, 5.41) is 0. The van der Waals surface area contributed by atoms with Crippen molar-refractivity contribution in [2.75, 3.05) is 13.3 Å². The fraction of sp³-hybridized carbons (Fsp3) is 1.00. The zero-order valence-electron chi connectivity index (χ0n) is 16.1. The van der Waals surface area contributed by atoms with Crippen molar-refractivity contribution in [1.29, 1.82) is 0 Å². The molecule has 0 aliphatic rings. The molecule has 0 aliphatic heterocycles. The zero-order valence-corrected chi connectivity index (χ0v) is 18.1. The van der Waals surface area contributed by atoms with Gasteiger partial charge in [-0.25, -0.2) is 0 Å². The molecular weight excluding hydrogens is 343 g/mol. The number of unbranched alkanes of at least 4 members (excludes halogenated alkanes) is 10. The van der Waals surface area contributed by atoms with Crippen LogP contribution in [-0.2, 0) is 14.6 Å². The summed E-state index contributed by atoms with van der Waals surface area (Å²) >= 11 is 0. The van der Waals surface area contributed by atoms with Crippen LogP contribution in [0.1, 0.15) is 97.3 Å². The molecule has 148 valence electrons. The lowest BCUT2D eigenvalue weighted by Crippen LogP contribution is -1.96. The third kappa shape index (κ3) is 27.2. The molecule has 0 rings (SSSR count). The number of hydrogen-bond donors (Lipinski definition) is 1. The van der Waals surface area contributed by atoms with E-state index in [9.17, 15) is 8.42 Å². The van der Waals surface area contributed by atoms with E-state index in [4.69, 9.17) is 4.55 Å². The summed E-state index contributed by atoms with van der Waals surface area (Å²) in [6.45, 7) is 4.70. The van der Waals surface area contributed by atoms with Crippen LogP contribution in [0.2, 0.25) is 0 Å². The lowest BCUT2D eigenvalue weighted by atomic mass is 9.99. The van der Waals surface area contributed by atoms with Crippen molar-refractivity contribution in [3.8, 4) is 0 Å². The van der Waals surface area contributed by atoms with Gasteiger partial charge in [0.15, 0.2) is 0 Å². The molecule has 0 aromatic heterocycles. The van der Waals surface area contributed by atoms with Crippen LogP contribution in [0.15, 0.2) is 0 Å². The standard InChI is InChI=1S/C17H37P.CH4O4S/c1-3-4-5-6-7-8-9-10-11-12-13-14-17(2)15-16-18;1-5-6(2,3)4/h17H,3-16,18H2,1-2H3;1H3,(H,2,3,4). The van der Waals surface area contributed by atoms with E-state index in [1.165, 1.54) is 89.6 Å². The Balaban J connectivity index is 0. The predicted molar refractivity (Wildman–Crippen MR) is 108 cm³/mol. The van der Waals surface area contributed by atoms with Gasteiger partial charge in [-0.15, -0.1) is 9.24 Å². The Labute approximate surface area is 153 Å². The van der Waals surface area contributed by atoms with Gasteiger partial charge in [-0.3, -0.25) is 8.74 Å². The average Bonchev–Trinajstić information content (AvgIpc) is 2.53. The summed E-state index contributed by atoms with van der Waals surface area (Å²) in [5.74, 6) is 0.945. The lowest BCUT2D eigenvalue weighted by Gasteiger charge is -2.09. The summed E-state index contributed by atoms with van der Waals surface area (Å²) in [7, 11) is -0.446. The molecule has 0 fully saturated rings. The largest absolute Gasteiger partial charge is 0.397 e. The fourth-order valence-corrected chi connectivity index (χ4v) is 3.15. The second-order valence-corrected chi connectivity index (χ2v) is 8.37. The summed E-state index contributed by atoms with van der Waals surface area (Å²) in [6, 6.07) is 0. The monoisotopic (exact) mass is 384 g/mol. The van der Waals surface area contributed by atoms with Crippen molar-refractivity contribution in [2.24, 2.45) is 5.92 Å². The molecule has 0 aliphatic carbocycles. The molecule has 0 radical (unpaired) electrons. The van der Waals surface area contributed by atoms with E-state index < -0.39 is 10.4 Å². The van der Waals surface area contributed by atoms with Gasteiger partial charge < -0.3 is 0 Å². The van der Waals surface area contributed by atoms with E-state index in [0.717, 1.165) is 13.0 Å². The minimum absolute atomic E-state index is 0.870. The highest BCUT2D eigenvalue weighted by Crippen LogP contribution is 2.16. The van der Waals surface area contributed by atoms with Crippen LogP contribution in [0, 0.1) is 5.92 Å². The first-order valence-electron chi connectivity index (χ1n) is 9.60. The van der Waals surface area contributed by atoms with Crippen LogP contribution in [0.5, 0.6) is 0 Å². The van der Waals surface area contributed by atoms with Crippen LogP contribution in [0.25, 0.3) is 0 Å². The van der Waals surface area contributed by atoms with Crippen molar-refractivity contribution in [1.82, 2.24) is 0 Å². The summed E-state index contributed by atoms with van der Waals surface area (Å²) < 4.78 is 29.7. The molecule has 4 nitrogen and oxygen atoms in total. The smallest absolute Gasteiger partial charge is 0.264 e. The Hall–Kier alpha value is 0.300. The molecule has 0 saturated carbocycles. The lowest BCUT2D eigenvalue weighted by molar-refractivity contribution is 0.324. The Morgan fingerprint density at radius 3 is 1.58 bits per heavy atom. The predicted octanol–water partition coefficient (Wildman–Crippen LogP) is 6.02. The second-order valence-electron chi connectivity index (χ2n) is 6.60. The summed E-state index contributed by atoms with van der Waals surface area (Å²) in [6.07, 6.45) is 20.2. The van der Waals surface area contributed by atoms with Crippen molar-refractivity contribution >= 4 is 19.6 Å². The molecule has 2 unspecified atom stereocenters. The van der Waals surface area contributed by atoms with Gasteiger partial charge in [0.25, 0.3) is 0 Å². The van der Waals surface area contributed by atoms with E-state index in [2.05, 4.69) is 27.3 Å². The van der Waals surface area contributed by atoms with Crippen LogP contribution in [0.4, 0.5) is 0 Å². The SMILES string of the molecule is CCCCCCCCCCCCCC(C)CCP.COS(=O)(=O)O. The normalized spacial score (nSPS) is 12.5. The van der Waals surface area contributed by atoms with Gasteiger partial charge in [0, 0.05) is 0 Å². The van der Waals surface area contributed by atoms with Gasteiger partial charge in [-0.2, -0.15) is 8.42 Å². The Kier molecular flexibility index (Phi) is 21.7. The summed E-state index contributed by atoms with van der Waals surface area (Å²) in [5.41, 5.74) is 0. The van der Waals surface area contributed by atoms with E-state index in [-0.39, 0.29) is 0 Å². The molecule has 1 N–H and O–H groups in total. The molecule has 6 heteroatoms. The molecule has 0 amide bonds. The Morgan fingerprint density at radius 1 is 0.875 bits per heavy atom. The molecule has 0 bridgehead atoms. The highest BCUT2D eigenvalue weighted by Gasteiger charge is 2.00. The third-order valence-corrected chi connectivity index (χ3v) is 4.93. The minimum Gasteiger partial charge on any atom is -0.264 e.